The Balaban J connectivity index is 1.84. The molecule has 1 saturated heterocycles. The molecule has 0 bridgehead atoms. The summed E-state index contributed by atoms with van der Waals surface area (Å²) in [6.45, 7) is 4.01. The first-order valence-corrected chi connectivity index (χ1v) is 10.6. The number of sulfonamides is 1. The number of aryl methyl sites for hydroxylation is 2. The number of hydrogen-bond acceptors (Lipinski definition) is 5. The van der Waals surface area contributed by atoms with E-state index >= 15 is 0 Å². The van der Waals surface area contributed by atoms with Gasteiger partial charge in [-0.15, -0.1) is 11.3 Å². The first-order chi connectivity index (χ1) is 12.3. The largest absolute Gasteiger partial charge is 0.349 e. The molecule has 1 aliphatic heterocycles. The van der Waals surface area contributed by atoms with Gasteiger partial charge >= 0.3 is 0 Å². The second-order valence-corrected chi connectivity index (χ2v) is 9.14. The first kappa shape index (κ1) is 18.6. The molecule has 2 heterocycles. The molecule has 2 aromatic rings. The molecule has 26 heavy (non-hydrogen) atoms. The minimum absolute atomic E-state index is 0.0342. The van der Waals surface area contributed by atoms with Crippen LogP contribution in [0, 0.1) is 13.8 Å². The quantitative estimate of drug-likeness (QED) is 0.847. The summed E-state index contributed by atoms with van der Waals surface area (Å²) < 4.78 is 26.7. The van der Waals surface area contributed by atoms with E-state index in [1.807, 2.05) is 31.4 Å². The Morgan fingerprint density at radius 3 is 2.69 bits per heavy atom. The maximum atomic E-state index is 13.0. The van der Waals surface area contributed by atoms with Gasteiger partial charge < -0.3 is 5.32 Å². The number of amides is 2. The van der Waals surface area contributed by atoms with Crippen molar-refractivity contribution in [1.29, 1.82) is 0 Å². The predicted molar refractivity (Wildman–Crippen MR) is 99.1 cm³/mol. The molecular weight excluding hydrogens is 372 g/mol. The van der Waals surface area contributed by atoms with E-state index < -0.39 is 27.9 Å². The summed E-state index contributed by atoms with van der Waals surface area (Å²) in [5.41, 5.74) is 1.78. The lowest BCUT2D eigenvalue weighted by Crippen LogP contribution is -2.47. The zero-order valence-corrected chi connectivity index (χ0v) is 16.2. The van der Waals surface area contributed by atoms with Gasteiger partial charge in [-0.2, -0.15) is 0 Å². The highest BCUT2D eigenvalue weighted by Crippen LogP contribution is 2.28. The number of nitrogens with one attached hydrogen (secondary N) is 1. The minimum atomic E-state index is -4.07. The summed E-state index contributed by atoms with van der Waals surface area (Å²) in [5.74, 6) is -0.990. The summed E-state index contributed by atoms with van der Waals surface area (Å²) in [6.07, 6.45) is 0.236. The Bertz CT molecular complexity index is 936. The van der Waals surface area contributed by atoms with Gasteiger partial charge in [0.1, 0.15) is 6.04 Å². The van der Waals surface area contributed by atoms with Gasteiger partial charge in [0.05, 0.1) is 11.4 Å². The highest BCUT2D eigenvalue weighted by atomic mass is 32.2. The molecule has 1 atom stereocenters. The summed E-state index contributed by atoms with van der Waals surface area (Å²) in [4.78, 5) is 25.8. The summed E-state index contributed by atoms with van der Waals surface area (Å²) >= 11 is 1.50. The van der Waals surface area contributed by atoms with Gasteiger partial charge in [-0.25, -0.2) is 12.7 Å². The SMILES string of the molecule is Cc1ccc(S(=O)(=O)N2C(=O)CC[C@@H]2C(=O)NCc2cccs2)cc1C. The zero-order valence-electron chi connectivity index (χ0n) is 14.6. The van der Waals surface area contributed by atoms with E-state index in [1.165, 1.54) is 23.5 Å². The molecule has 2 amide bonds. The van der Waals surface area contributed by atoms with Gasteiger partial charge in [0.15, 0.2) is 0 Å². The van der Waals surface area contributed by atoms with Crippen LogP contribution in [-0.4, -0.2) is 30.6 Å². The second kappa shape index (κ2) is 7.20. The number of nitrogens with zero attached hydrogens (tertiary/aromatic N) is 1. The maximum Gasteiger partial charge on any atom is 0.267 e. The van der Waals surface area contributed by atoms with Gasteiger partial charge in [-0.3, -0.25) is 9.59 Å². The van der Waals surface area contributed by atoms with Crippen LogP contribution in [0.3, 0.4) is 0 Å². The molecule has 0 saturated carbocycles. The van der Waals surface area contributed by atoms with Crippen molar-refractivity contribution in [2.75, 3.05) is 0 Å². The molecule has 1 N–H and O–H groups in total. The molecule has 1 aromatic heterocycles. The standard InChI is InChI=1S/C18H20N2O4S2/c1-12-5-6-15(10-13(12)2)26(23,24)20-16(7-8-17(20)21)18(22)19-11-14-4-3-9-25-14/h3-6,9-10,16H,7-8,11H2,1-2H3,(H,19,22)/t16-/m1/s1. The Morgan fingerprint density at radius 1 is 1.27 bits per heavy atom. The summed E-state index contributed by atoms with van der Waals surface area (Å²) in [6, 6.07) is 7.47. The molecule has 1 aliphatic rings. The zero-order chi connectivity index (χ0) is 18.9. The molecule has 1 fully saturated rings. The van der Waals surface area contributed by atoms with E-state index in [0.29, 0.717) is 6.54 Å². The Hall–Kier alpha value is -2.19. The normalized spacial score (nSPS) is 17.5. The van der Waals surface area contributed by atoms with Crippen LogP contribution in [0.25, 0.3) is 0 Å². The van der Waals surface area contributed by atoms with Crippen molar-refractivity contribution in [3.63, 3.8) is 0 Å². The second-order valence-electron chi connectivity index (χ2n) is 6.29. The number of thiophene rings is 1. The van der Waals surface area contributed by atoms with Crippen LogP contribution in [0.15, 0.2) is 40.6 Å². The number of carbonyl (C=O) groups is 2. The number of hydrogen-bond donors (Lipinski definition) is 1. The van der Waals surface area contributed by atoms with Crippen LogP contribution in [-0.2, 0) is 26.2 Å². The van der Waals surface area contributed by atoms with Crippen LogP contribution >= 0.6 is 11.3 Å². The van der Waals surface area contributed by atoms with Gasteiger partial charge in [0.25, 0.3) is 10.0 Å². The van der Waals surface area contributed by atoms with Crippen LogP contribution in [0.5, 0.6) is 0 Å². The average Bonchev–Trinajstić information content (AvgIpc) is 3.24. The third kappa shape index (κ3) is 3.52. The molecule has 0 radical (unpaired) electrons. The third-order valence-electron chi connectivity index (χ3n) is 4.52. The van der Waals surface area contributed by atoms with Crippen molar-refractivity contribution in [1.82, 2.24) is 9.62 Å². The topological polar surface area (TPSA) is 83.6 Å². The van der Waals surface area contributed by atoms with E-state index in [2.05, 4.69) is 5.32 Å². The molecule has 138 valence electrons. The highest BCUT2D eigenvalue weighted by molar-refractivity contribution is 7.89. The molecule has 8 heteroatoms. The lowest BCUT2D eigenvalue weighted by molar-refractivity contribution is -0.130. The van der Waals surface area contributed by atoms with E-state index in [9.17, 15) is 18.0 Å². The van der Waals surface area contributed by atoms with Crippen molar-refractivity contribution in [3.8, 4) is 0 Å². The molecule has 1 aromatic carbocycles. The van der Waals surface area contributed by atoms with E-state index in [1.54, 1.807) is 6.07 Å². The Labute approximate surface area is 156 Å². The van der Waals surface area contributed by atoms with Crippen molar-refractivity contribution >= 4 is 33.2 Å². The van der Waals surface area contributed by atoms with Gasteiger partial charge in [0, 0.05) is 11.3 Å². The molecule has 0 unspecified atom stereocenters. The number of carbonyl (C=O) groups excluding carboxylic acids is 2. The Morgan fingerprint density at radius 2 is 2.04 bits per heavy atom. The lowest BCUT2D eigenvalue weighted by atomic mass is 10.1. The predicted octanol–water partition coefficient (Wildman–Crippen LogP) is 2.36. The fraction of sp³-hybridized carbons (Fsp3) is 0.333. The summed E-state index contributed by atoms with van der Waals surface area (Å²) in [7, 11) is -4.07. The van der Waals surface area contributed by atoms with Gasteiger partial charge in [-0.1, -0.05) is 12.1 Å². The average molecular weight is 393 g/mol. The van der Waals surface area contributed by atoms with Crippen molar-refractivity contribution in [3.05, 3.63) is 51.7 Å². The fourth-order valence-electron chi connectivity index (χ4n) is 2.89. The Kier molecular flexibility index (Phi) is 5.15. The maximum absolute atomic E-state index is 13.0. The van der Waals surface area contributed by atoms with Gasteiger partial charge in [0.2, 0.25) is 11.8 Å². The smallest absolute Gasteiger partial charge is 0.267 e. The van der Waals surface area contributed by atoms with E-state index in [4.69, 9.17) is 0 Å². The van der Waals surface area contributed by atoms with Gasteiger partial charge in [-0.05, 0) is 55.0 Å². The molecule has 0 aliphatic carbocycles. The lowest BCUT2D eigenvalue weighted by Gasteiger charge is -2.24. The van der Waals surface area contributed by atoms with E-state index in [0.717, 1.165) is 20.3 Å². The van der Waals surface area contributed by atoms with Crippen molar-refractivity contribution in [2.45, 2.75) is 44.2 Å². The molecule has 6 nitrogen and oxygen atoms in total. The molecular formula is C18H20N2O4S2. The van der Waals surface area contributed by atoms with E-state index in [-0.39, 0.29) is 17.7 Å². The summed E-state index contributed by atoms with van der Waals surface area (Å²) in [5, 5.41) is 4.63. The van der Waals surface area contributed by atoms with Crippen LogP contribution in [0.2, 0.25) is 0 Å². The highest BCUT2D eigenvalue weighted by Gasteiger charge is 2.44. The third-order valence-corrected chi connectivity index (χ3v) is 7.22. The molecule has 3 rings (SSSR count). The van der Waals surface area contributed by atoms with Crippen LogP contribution in [0.4, 0.5) is 0 Å². The number of rotatable bonds is 5. The first-order valence-electron chi connectivity index (χ1n) is 8.25. The number of benzene rings is 1. The fourth-order valence-corrected chi connectivity index (χ4v) is 5.23. The molecule has 0 spiro atoms. The monoisotopic (exact) mass is 392 g/mol. The van der Waals surface area contributed by atoms with Crippen molar-refractivity contribution in [2.24, 2.45) is 0 Å². The van der Waals surface area contributed by atoms with Crippen molar-refractivity contribution < 1.29 is 18.0 Å². The van der Waals surface area contributed by atoms with Crippen LogP contribution in [0.1, 0.15) is 28.8 Å². The minimum Gasteiger partial charge on any atom is -0.349 e. The van der Waals surface area contributed by atoms with Crippen LogP contribution < -0.4 is 5.32 Å².